The van der Waals surface area contributed by atoms with Crippen molar-refractivity contribution in [1.82, 2.24) is 9.88 Å². The molecule has 1 aromatic carbocycles. The molecule has 5 heteroatoms. The van der Waals surface area contributed by atoms with E-state index in [4.69, 9.17) is 16.0 Å². The maximum Gasteiger partial charge on any atom is 0.250 e. The van der Waals surface area contributed by atoms with Gasteiger partial charge in [-0.3, -0.25) is 9.88 Å². The highest BCUT2D eigenvalue weighted by atomic mass is 35.5. The Kier molecular flexibility index (Phi) is 5.99. The molecule has 0 spiro atoms. The van der Waals surface area contributed by atoms with Gasteiger partial charge < -0.3 is 4.43 Å². The molecule has 2 aromatic rings. The van der Waals surface area contributed by atoms with Crippen LogP contribution < -0.4 is 4.43 Å². The Morgan fingerprint density at radius 2 is 1.78 bits per heavy atom. The Labute approximate surface area is 169 Å². The maximum absolute atomic E-state index is 6.58. The van der Waals surface area contributed by atoms with Crippen LogP contribution in [0.25, 0.3) is 11.1 Å². The van der Waals surface area contributed by atoms with Gasteiger partial charge in [-0.15, -0.1) is 0 Å². The molecule has 0 bridgehead atoms. The lowest BCUT2D eigenvalue weighted by molar-refractivity contribution is 0.331. The molecular formula is C22H31ClN2OSi. The molecule has 146 valence electrons. The van der Waals surface area contributed by atoms with Crippen molar-refractivity contribution in [3.8, 4) is 16.9 Å². The predicted molar refractivity (Wildman–Crippen MR) is 117 cm³/mol. The van der Waals surface area contributed by atoms with Crippen molar-refractivity contribution >= 4 is 19.9 Å². The predicted octanol–water partition coefficient (Wildman–Crippen LogP) is 6.38. The number of hydrogen-bond donors (Lipinski definition) is 0. The molecule has 1 aromatic heterocycles. The van der Waals surface area contributed by atoms with E-state index < -0.39 is 8.32 Å². The standard InChI is InChI=1S/C22H31ClN2OSi/c1-22(2,3)27(4,5)26-21-9-8-18(13-20(21)23)19-12-17(14-24-15-19)16-25-10-6-7-11-25/h8-9,12-15H,6-7,10-11,16H2,1-5H3. The van der Waals surface area contributed by atoms with Gasteiger partial charge in [-0.05, 0) is 73.4 Å². The quantitative estimate of drug-likeness (QED) is 0.542. The molecule has 1 fully saturated rings. The van der Waals surface area contributed by atoms with Gasteiger partial charge in [-0.25, -0.2) is 0 Å². The van der Waals surface area contributed by atoms with Crippen molar-refractivity contribution in [1.29, 1.82) is 0 Å². The second-order valence-corrected chi connectivity index (χ2v) is 14.2. The van der Waals surface area contributed by atoms with Gasteiger partial charge in [0.2, 0.25) is 0 Å². The summed E-state index contributed by atoms with van der Waals surface area (Å²) in [7, 11) is -1.91. The van der Waals surface area contributed by atoms with E-state index in [9.17, 15) is 0 Å². The van der Waals surface area contributed by atoms with Crippen molar-refractivity contribution in [2.24, 2.45) is 0 Å². The fraction of sp³-hybridized carbons (Fsp3) is 0.500. The zero-order valence-electron chi connectivity index (χ0n) is 17.2. The highest BCUT2D eigenvalue weighted by Gasteiger charge is 2.39. The summed E-state index contributed by atoms with van der Waals surface area (Å²) < 4.78 is 6.38. The van der Waals surface area contributed by atoms with Gasteiger partial charge >= 0.3 is 0 Å². The lowest BCUT2D eigenvalue weighted by atomic mass is 10.1. The number of pyridine rings is 1. The van der Waals surface area contributed by atoms with E-state index in [1.165, 1.54) is 31.5 Å². The minimum atomic E-state index is -1.91. The topological polar surface area (TPSA) is 25.4 Å². The van der Waals surface area contributed by atoms with Crippen LogP contribution in [0.2, 0.25) is 23.2 Å². The molecule has 27 heavy (non-hydrogen) atoms. The summed E-state index contributed by atoms with van der Waals surface area (Å²) in [6, 6.07) is 8.32. The number of hydrogen-bond acceptors (Lipinski definition) is 3. The molecule has 0 radical (unpaired) electrons. The van der Waals surface area contributed by atoms with E-state index in [-0.39, 0.29) is 5.04 Å². The molecule has 0 amide bonds. The molecule has 3 rings (SSSR count). The molecule has 0 aliphatic carbocycles. The Hall–Kier alpha value is -1.36. The van der Waals surface area contributed by atoms with Crippen molar-refractivity contribution < 1.29 is 4.43 Å². The van der Waals surface area contributed by atoms with Crippen molar-refractivity contribution in [3.05, 3.63) is 47.2 Å². The van der Waals surface area contributed by atoms with Gasteiger partial charge in [-0.2, -0.15) is 0 Å². The average molecular weight is 403 g/mol. The van der Waals surface area contributed by atoms with Crippen LogP contribution in [0.3, 0.4) is 0 Å². The van der Waals surface area contributed by atoms with Crippen LogP contribution in [0.15, 0.2) is 36.7 Å². The molecule has 3 nitrogen and oxygen atoms in total. The van der Waals surface area contributed by atoms with Crippen LogP contribution in [-0.4, -0.2) is 31.3 Å². The van der Waals surface area contributed by atoms with Gasteiger partial charge in [0, 0.05) is 24.5 Å². The normalized spacial score (nSPS) is 15.9. The summed E-state index contributed by atoms with van der Waals surface area (Å²) in [5.74, 6) is 0.785. The van der Waals surface area contributed by atoms with Crippen LogP contribution in [0.4, 0.5) is 0 Å². The van der Waals surface area contributed by atoms with E-state index >= 15 is 0 Å². The average Bonchev–Trinajstić information content (AvgIpc) is 3.09. The largest absolute Gasteiger partial charge is 0.543 e. The Morgan fingerprint density at radius 1 is 1.07 bits per heavy atom. The second kappa shape index (κ2) is 7.94. The number of aromatic nitrogens is 1. The van der Waals surface area contributed by atoms with E-state index in [0.717, 1.165) is 23.4 Å². The molecule has 0 unspecified atom stereocenters. The molecule has 1 aliphatic rings. The number of likely N-dealkylation sites (tertiary alicyclic amines) is 1. The Bertz CT molecular complexity index is 795. The number of benzene rings is 1. The first kappa shape index (κ1) is 20.4. The molecular weight excluding hydrogens is 372 g/mol. The molecule has 2 heterocycles. The molecule has 0 N–H and O–H groups in total. The number of nitrogens with zero attached hydrogens (tertiary/aromatic N) is 2. The van der Waals surface area contributed by atoms with E-state index in [2.05, 4.69) is 55.9 Å². The van der Waals surface area contributed by atoms with Gasteiger partial charge in [0.1, 0.15) is 5.75 Å². The zero-order chi connectivity index (χ0) is 19.7. The van der Waals surface area contributed by atoms with E-state index in [0.29, 0.717) is 5.02 Å². The van der Waals surface area contributed by atoms with Crippen LogP contribution in [0.1, 0.15) is 39.2 Å². The number of rotatable bonds is 5. The molecule has 0 atom stereocenters. The minimum Gasteiger partial charge on any atom is -0.543 e. The summed E-state index contributed by atoms with van der Waals surface area (Å²) in [6.45, 7) is 14.5. The first-order chi connectivity index (χ1) is 12.7. The lowest BCUT2D eigenvalue weighted by Crippen LogP contribution is -2.43. The Balaban J connectivity index is 1.79. The van der Waals surface area contributed by atoms with Crippen molar-refractivity contribution in [2.45, 2.75) is 58.3 Å². The summed E-state index contributed by atoms with van der Waals surface area (Å²) in [5, 5.41) is 0.810. The third-order valence-electron chi connectivity index (χ3n) is 5.84. The Morgan fingerprint density at radius 3 is 2.41 bits per heavy atom. The second-order valence-electron chi connectivity index (χ2n) is 9.07. The summed E-state index contributed by atoms with van der Waals surface area (Å²) >= 11 is 6.58. The molecule has 1 saturated heterocycles. The summed E-state index contributed by atoms with van der Waals surface area (Å²) in [6.07, 6.45) is 6.49. The monoisotopic (exact) mass is 402 g/mol. The zero-order valence-corrected chi connectivity index (χ0v) is 18.9. The lowest BCUT2D eigenvalue weighted by Gasteiger charge is -2.36. The van der Waals surface area contributed by atoms with Gasteiger partial charge in [-0.1, -0.05) is 38.4 Å². The molecule has 1 aliphatic heterocycles. The third kappa shape index (κ3) is 4.92. The number of halogens is 1. The first-order valence-corrected chi connectivity index (χ1v) is 13.1. The van der Waals surface area contributed by atoms with Crippen molar-refractivity contribution in [3.63, 3.8) is 0 Å². The third-order valence-corrected chi connectivity index (χ3v) is 10.5. The maximum atomic E-state index is 6.58. The van der Waals surface area contributed by atoms with Crippen LogP contribution in [0, 0.1) is 0 Å². The van der Waals surface area contributed by atoms with Crippen LogP contribution >= 0.6 is 11.6 Å². The summed E-state index contributed by atoms with van der Waals surface area (Å²) in [4.78, 5) is 6.94. The highest BCUT2D eigenvalue weighted by Crippen LogP contribution is 2.40. The van der Waals surface area contributed by atoms with E-state index in [1.807, 2.05) is 24.5 Å². The van der Waals surface area contributed by atoms with Crippen LogP contribution in [-0.2, 0) is 6.54 Å². The molecule has 0 saturated carbocycles. The SMILES string of the molecule is CC(C)(C)[Si](C)(C)Oc1ccc(-c2cncc(CN3CCCC3)c2)cc1Cl. The first-order valence-electron chi connectivity index (χ1n) is 9.81. The highest BCUT2D eigenvalue weighted by molar-refractivity contribution is 6.74. The fourth-order valence-electron chi connectivity index (χ4n) is 3.12. The fourth-order valence-corrected chi connectivity index (χ4v) is 4.44. The van der Waals surface area contributed by atoms with Crippen LogP contribution in [0.5, 0.6) is 5.75 Å². The van der Waals surface area contributed by atoms with Gasteiger partial charge in [0.25, 0.3) is 8.32 Å². The van der Waals surface area contributed by atoms with Gasteiger partial charge in [0.15, 0.2) is 0 Å². The smallest absolute Gasteiger partial charge is 0.250 e. The minimum absolute atomic E-state index is 0.142. The van der Waals surface area contributed by atoms with Gasteiger partial charge in [0.05, 0.1) is 5.02 Å². The van der Waals surface area contributed by atoms with E-state index in [1.54, 1.807) is 0 Å². The van der Waals surface area contributed by atoms with Crippen molar-refractivity contribution in [2.75, 3.05) is 13.1 Å². The summed E-state index contributed by atoms with van der Waals surface area (Å²) in [5.41, 5.74) is 3.44.